The third-order valence-corrected chi connectivity index (χ3v) is 4.61. The van der Waals surface area contributed by atoms with E-state index in [2.05, 4.69) is 51.7 Å². The fourth-order valence-electron chi connectivity index (χ4n) is 3.27. The van der Waals surface area contributed by atoms with Gasteiger partial charge in [-0.1, -0.05) is 37.3 Å². The van der Waals surface area contributed by atoms with E-state index in [-0.39, 0.29) is 0 Å². The van der Waals surface area contributed by atoms with Crippen LogP contribution in [-0.2, 0) is 6.42 Å². The topological polar surface area (TPSA) is 61.6 Å². The largest absolute Gasteiger partial charge is 0.366 e. The van der Waals surface area contributed by atoms with Gasteiger partial charge in [-0.2, -0.15) is 5.26 Å². The quantitative estimate of drug-likeness (QED) is 0.925. The van der Waals surface area contributed by atoms with Gasteiger partial charge in [0.2, 0.25) is 0 Å². The zero-order valence-electron chi connectivity index (χ0n) is 13.5. The molecule has 1 aromatic carbocycles. The van der Waals surface area contributed by atoms with E-state index < -0.39 is 0 Å². The maximum absolute atomic E-state index is 9.23. The third kappa shape index (κ3) is 3.68. The van der Waals surface area contributed by atoms with E-state index in [0.717, 1.165) is 25.1 Å². The normalized spacial score (nSPS) is 20.7. The summed E-state index contributed by atoms with van der Waals surface area (Å²) >= 11 is 0. The highest BCUT2D eigenvalue weighted by molar-refractivity contribution is 5.51. The van der Waals surface area contributed by atoms with Crippen molar-refractivity contribution in [3.8, 4) is 6.07 Å². The summed E-state index contributed by atoms with van der Waals surface area (Å²) in [5, 5.41) is 12.7. The minimum absolute atomic E-state index is 0.390. The second kappa shape index (κ2) is 7.23. The van der Waals surface area contributed by atoms with Gasteiger partial charge in [0.25, 0.3) is 0 Å². The predicted octanol–water partition coefficient (Wildman–Crippen LogP) is 4.05. The summed E-state index contributed by atoms with van der Waals surface area (Å²) in [4.78, 5) is 8.69. The number of anilines is 1. The smallest absolute Gasteiger partial charge is 0.147 e. The Kier molecular flexibility index (Phi) is 4.87. The highest BCUT2D eigenvalue weighted by atomic mass is 15.1. The standard InChI is InChI=1S/C19H22N4/c1-2-18-21-13-16(12-20)19(23-18)22-17-10-8-15(9-11-17)14-6-4-3-5-7-14/h3-7,13,15,17H,2,8-11H2,1H3,(H,21,22,23)/t15-,17+. The van der Waals surface area contributed by atoms with Crippen molar-refractivity contribution in [1.82, 2.24) is 9.97 Å². The summed E-state index contributed by atoms with van der Waals surface area (Å²) in [7, 11) is 0. The zero-order chi connectivity index (χ0) is 16.1. The summed E-state index contributed by atoms with van der Waals surface area (Å²) in [6, 6.07) is 13.3. The first-order valence-corrected chi connectivity index (χ1v) is 8.37. The van der Waals surface area contributed by atoms with Gasteiger partial charge < -0.3 is 5.32 Å². The summed E-state index contributed by atoms with van der Waals surface area (Å²) in [5.74, 6) is 2.13. The lowest BCUT2D eigenvalue weighted by Gasteiger charge is -2.30. The van der Waals surface area contributed by atoms with Crippen LogP contribution < -0.4 is 5.32 Å². The Morgan fingerprint density at radius 2 is 1.91 bits per heavy atom. The van der Waals surface area contributed by atoms with Crippen LogP contribution in [0.2, 0.25) is 0 Å². The van der Waals surface area contributed by atoms with Crippen LogP contribution in [0.4, 0.5) is 5.82 Å². The van der Waals surface area contributed by atoms with Crippen molar-refractivity contribution in [2.45, 2.75) is 51.0 Å². The average molecular weight is 306 g/mol. The van der Waals surface area contributed by atoms with Crippen molar-refractivity contribution < 1.29 is 0 Å². The fraction of sp³-hybridized carbons (Fsp3) is 0.421. The summed E-state index contributed by atoms with van der Waals surface area (Å²) < 4.78 is 0. The van der Waals surface area contributed by atoms with Crippen molar-refractivity contribution in [2.75, 3.05) is 5.32 Å². The van der Waals surface area contributed by atoms with Crippen molar-refractivity contribution in [1.29, 1.82) is 5.26 Å². The molecule has 1 N–H and O–H groups in total. The predicted molar refractivity (Wildman–Crippen MR) is 91.2 cm³/mol. The molecule has 0 saturated heterocycles. The van der Waals surface area contributed by atoms with E-state index >= 15 is 0 Å². The van der Waals surface area contributed by atoms with Gasteiger partial charge in [0.05, 0.1) is 6.20 Å². The summed E-state index contributed by atoms with van der Waals surface area (Å²) in [6.07, 6.45) is 6.97. The molecule has 0 unspecified atom stereocenters. The molecule has 1 aromatic heterocycles. The minimum Gasteiger partial charge on any atom is -0.366 e. The molecular weight excluding hydrogens is 284 g/mol. The van der Waals surface area contributed by atoms with Gasteiger partial charge in [0, 0.05) is 12.5 Å². The van der Waals surface area contributed by atoms with Crippen LogP contribution in [0.25, 0.3) is 0 Å². The number of aromatic nitrogens is 2. The monoisotopic (exact) mass is 306 g/mol. The number of nitrogens with zero attached hydrogens (tertiary/aromatic N) is 3. The molecule has 1 fully saturated rings. The lowest BCUT2D eigenvalue weighted by Crippen LogP contribution is -2.26. The van der Waals surface area contributed by atoms with E-state index in [9.17, 15) is 5.26 Å². The number of benzene rings is 1. The van der Waals surface area contributed by atoms with Crippen LogP contribution in [0.5, 0.6) is 0 Å². The molecule has 23 heavy (non-hydrogen) atoms. The second-order valence-electron chi connectivity index (χ2n) is 6.12. The van der Waals surface area contributed by atoms with Crippen LogP contribution in [0.15, 0.2) is 36.5 Å². The number of hydrogen-bond donors (Lipinski definition) is 1. The molecule has 0 bridgehead atoms. The van der Waals surface area contributed by atoms with Crippen molar-refractivity contribution >= 4 is 5.82 Å². The van der Waals surface area contributed by atoms with Crippen LogP contribution in [0.3, 0.4) is 0 Å². The lowest BCUT2D eigenvalue weighted by molar-refractivity contribution is 0.411. The molecule has 0 atom stereocenters. The van der Waals surface area contributed by atoms with Crippen molar-refractivity contribution in [2.24, 2.45) is 0 Å². The van der Waals surface area contributed by atoms with E-state index in [1.807, 2.05) is 6.92 Å². The molecule has 0 aliphatic heterocycles. The van der Waals surface area contributed by atoms with Gasteiger partial charge in [-0.15, -0.1) is 0 Å². The fourth-order valence-corrected chi connectivity index (χ4v) is 3.27. The van der Waals surface area contributed by atoms with Gasteiger partial charge in [-0.05, 0) is 37.2 Å². The third-order valence-electron chi connectivity index (χ3n) is 4.61. The molecule has 2 aromatic rings. The Labute approximate surface area is 137 Å². The highest BCUT2D eigenvalue weighted by Crippen LogP contribution is 2.33. The Morgan fingerprint density at radius 1 is 1.17 bits per heavy atom. The van der Waals surface area contributed by atoms with Crippen LogP contribution in [-0.4, -0.2) is 16.0 Å². The van der Waals surface area contributed by atoms with E-state index in [1.165, 1.54) is 18.4 Å². The van der Waals surface area contributed by atoms with E-state index in [4.69, 9.17) is 0 Å². The summed E-state index contributed by atoms with van der Waals surface area (Å²) in [6.45, 7) is 2.02. The van der Waals surface area contributed by atoms with Gasteiger partial charge in [-0.25, -0.2) is 9.97 Å². The number of nitriles is 1. The maximum atomic E-state index is 9.23. The SMILES string of the molecule is CCc1ncc(C#N)c(N[C@H]2CC[C@@H](c3ccccc3)CC2)n1. The Bertz CT molecular complexity index is 682. The van der Waals surface area contributed by atoms with Gasteiger partial charge in [0.15, 0.2) is 0 Å². The molecule has 1 aliphatic carbocycles. The number of aryl methyl sites for hydroxylation is 1. The zero-order valence-corrected chi connectivity index (χ0v) is 13.5. The Morgan fingerprint density at radius 3 is 2.57 bits per heavy atom. The number of nitrogens with one attached hydrogen (secondary N) is 1. The number of rotatable bonds is 4. The molecule has 1 aliphatic rings. The molecule has 1 heterocycles. The van der Waals surface area contributed by atoms with Gasteiger partial charge in [-0.3, -0.25) is 0 Å². The summed E-state index contributed by atoms with van der Waals surface area (Å²) in [5.41, 5.74) is 1.98. The molecule has 4 heteroatoms. The molecule has 0 radical (unpaired) electrons. The molecule has 0 amide bonds. The Hall–Kier alpha value is -2.41. The van der Waals surface area contributed by atoms with Crippen LogP contribution in [0.1, 0.15) is 55.5 Å². The van der Waals surface area contributed by atoms with Crippen LogP contribution in [0, 0.1) is 11.3 Å². The average Bonchev–Trinajstić information content (AvgIpc) is 2.63. The van der Waals surface area contributed by atoms with Crippen molar-refractivity contribution in [3.05, 3.63) is 53.5 Å². The molecule has 118 valence electrons. The maximum Gasteiger partial charge on any atom is 0.147 e. The molecule has 1 saturated carbocycles. The first-order valence-electron chi connectivity index (χ1n) is 8.37. The van der Waals surface area contributed by atoms with Gasteiger partial charge >= 0.3 is 0 Å². The molecule has 0 spiro atoms. The molecule has 4 nitrogen and oxygen atoms in total. The van der Waals surface area contributed by atoms with E-state index in [0.29, 0.717) is 23.3 Å². The number of hydrogen-bond acceptors (Lipinski definition) is 4. The van der Waals surface area contributed by atoms with Crippen LogP contribution >= 0.6 is 0 Å². The van der Waals surface area contributed by atoms with Crippen molar-refractivity contribution in [3.63, 3.8) is 0 Å². The van der Waals surface area contributed by atoms with E-state index in [1.54, 1.807) is 6.20 Å². The Balaban J connectivity index is 1.64. The first-order chi connectivity index (χ1) is 11.3. The lowest BCUT2D eigenvalue weighted by atomic mass is 9.82. The minimum atomic E-state index is 0.390. The molecule has 3 rings (SSSR count). The van der Waals surface area contributed by atoms with Gasteiger partial charge in [0.1, 0.15) is 23.3 Å². The highest BCUT2D eigenvalue weighted by Gasteiger charge is 2.23. The first kappa shape index (κ1) is 15.5. The second-order valence-corrected chi connectivity index (χ2v) is 6.12. The molecular formula is C19H22N4.